The van der Waals surface area contributed by atoms with Gasteiger partial charge >= 0.3 is 0 Å². The Labute approximate surface area is 74.1 Å². The van der Waals surface area contributed by atoms with E-state index < -0.39 is 0 Å². The fraction of sp³-hybridized carbons (Fsp3) is 1.00. The summed E-state index contributed by atoms with van der Waals surface area (Å²) in [6.45, 7) is 4.47. The normalized spacial score (nSPS) is 26.0. The summed E-state index contributed by atoms with van der Waals surface area (Å²) < 4.78 is 5.42. The molecule has 0 aliphatic carbocycles. The van der Waals surface area contributed by atoms with E-state index in [-0.39, 0.29) is 6.10 Å². The van der Waals surface area contributed by atoms with E-state index >= 15 is 0 Å². The number of hydrogen-bond donors (Lipinski definition) is 2. The fourth-order valence-electron chi connectivity index (χ4n) is 1.36. The van der Waals surface area contributed by atoms with Crippen molar-refractivity contribution in [3.8, 4) is 0 Å². The van der Waals surface area contributed by atoms with Gasteiger partial charge in [0.15, 0.2) is 0 Å². The maximum atomic E-state index is 9.23. The van der Waals surface area contributed by atoms with Crippen molar-refractivity contribution in [2.24, 2.45) is 0 Å². The van der Waals surface area contributed by atoms with Gasteiger partial charge in [-0.3, -0.25) is 0 Å². The van der Waals surface area contributed by atoms with Crippen molar-refractivity contribution in [3.63, 3.8) is 0 Å². The van der Waals surface area contributed by atoms with E-state index in [4.69, 9.17) is 4.74 Å². The van der Waals surface area contributed by atoms with Crippen molar-refractivity contribution in [2.45, 2.75) is 38.4 Å². The standard InChI is InChI=1S/C9H19NO2/c1-2-8(11)6-10-7-9-4-3-5-12-9/h8-11H,2-7H2,1H3. The first kappa shape index (κ1) is 9.96. The molecule has 72 valence electrons. The lowest BCUT2D eigenvalue weighted by Crippen LogP contribution is -2.32. The van der Waals surface area contributed by atoms with Crippen molar-refractivity contribution < 1.29 is 9.84 Å². The van der Waals surface area contributed by atoms with Crippen LogP contribution in [0, 0.1) is 0 Å². The van der Waals surface area contributed by atoms with Crippen LogP contribution < -0.4 is 5.32 Å². The van der Waals surface area contributed by atoms with Crippen LogP contribution >= 0.6 is 0 Å². The number of hydrogen-bond acceptors (Lipinski definition) is 3. The monoisotopic (exact) mass is 173 g/mol. The minimum absolute atomic E-state index is 0.202. The molecule has 1 rings (SSSR count). The van der Waals surface area contributed by atoms with Crippen LogP contribution in [0.4, 0.5) is 0 Å². The number of aliphatic hydroxyl groups is 1. The third-order valence-corrected chi connectivity index (χ3v) is 2.25. The molecule has 2 atom stereocenters. The highest BCUT2D eigenvalue weighted by molar-refractivity contribution is 4.68. The third kappa shape index (κ3) is 3.52. The molecule has 1 heterocycles. The van der Waals surface area contributed by atoms with Gasteiger partial charge in [0.1, 0.15) is 0 Å². The zero-order chi connectivity index (χ0) is 8.81. The molecule has 0 spiro atoms. The predicted octanol–water partition coefficient (Wildman–Crippen LogP) is 0.526. The van der Waals surface area contributed by atoms with Crippen molar-refractivity contribution in [3.05, 3.63) is 0 Å². The van der Waals surface area contributed by atoms with Crippen LogP contribution in [0.25, 0.3) is 0 Å². The molecule has 0 saturated carbocycles. The lowest BCUT2D eigenvalue weighted by molar-refractivity contribution is 0.103. The van der Waals surface area contributed by atoms with Crippen molar-refractivity contribution >= 4 is 0 Å². The van der Waals surface area contributed by atoms with Gasteiger partial charge in [-0.15, -0.1) is 0 Å². The highest BCUT2D eigenvalue weighted by Crippen LogP contribution is 2.10. The molecule has 1 aliphatic heterocycles. The molecule has 0 bridgehead atoms. The largest absolute Gasteiger partial charge is 0.392 e. The highest BCUT2D eigenvalue weighted by Gasteiger charge is 2.14. The lowest BCUT2D eigenvalue weighted by atomic mass is 10.2. The second kappa shape index (κ2) is 5.51. The van der Waals surface area contributed by atoms with Crippen LogP contribution in [-0.4, -0.2) is 37.0 Å². The van der Waals surface area contributed by atoms with E-state index in [2.05, 4.69) is 5.32 Å². The fourth-order valence-corrected chi connectivity index (χ4v) is 1.36. The minimum atomic E-state index is -0.202. The molecular weight excluding hydrogens is 154 g/mol. The van der Waals surface area contributed by atoms with Gasteiger partial charge in [0, 0.05) is 19.7 Å². The summed E-state index contributed by atoms with van der Waals surface area (Å²) >= 11 is 0. The maximum absolute atomic E-state index is 9.23. The molecule has 3 heteroatoms. The molecule has 0 aromatic rings. The Morgan fingerprint density at radius 2 is 2.50 bits per heavy atom. The second-order valence-electron chi connectivity index (χ2n) is 3.36. The molecule has 0 aromatic heterocycles. The Bertz CT molecular complexity index is 113. The Balaban J connectivity index is 1.94. The number of aliphatic hydroxyl groups excluding tert-OH is 1. The number of ether oxygens (including phenoxy) is 1. The van der Waals surface area contributed by atoms with Gasteiger partial charge in [0.25, 0.3) is 0 Å². The summed E-state index contributed by atoms with van der Waals surface area (Å²) in [7, 11) is 0. The molecule has 0 aromatic carbocycles. The Morgan fingerprint density at radius 3 is 3.08 bits per heavy atom. The molecule has 1 saturated heterocycles. The van der Waals surface area contributed by atoms with Gasteiger partial charge in [0.2, 0.25) is 0 Å². The molecule has 2 unspecified atom stereocenters. The third-order valence-electron chi connectivity index (χ3n) is 2.25. The van der Waals surface area contributed by atoms with Gasteiger partial charge < -0.3 is 15.2 Å². The van der Waals surface area contributed by atoms with Gasteiger partial charge in [-0.05, 0) is 19.3 Å². The van der Waals surface area contributed by atoms with Crippen molar-refractivity contribution in [2.75, 3.05) is 19.7 Å². The van der Waals surface area contributed by atoms with Gasteiger partial charge in [-0.1, -0.05) is 6.92 Å². The number of nitrogens with one attached hydrogen (secondary N) is 1. The van der Waals surface area contributed by atoms with Crippen molar-refractivity contribution in [1.82, 2.24) is 5.32 Å². The zero-order valence-electron chi connectivity index (χ0n) is 7.75. The summed E-state index contributed by atoms with van der Waals surface area (Å²) in [4.78, 5) is 0. The van der Waals surface area contributed by atoms with Crippen LogP contribution in [-0.2, 0) is 4.74 Å². The first-order valence-corrected chi connectivity index (χ1v) is 4.83. The zero-order valence-corrected chi connectivity index (χ0v) is 7.75. The van der Waals surface area contributed by atoms with Gasteiger partial charge in [-0.25, -0.2) is 0 Å². The van der Waals surface area contributed by atoms with Crippen LogP contribution in [0.5, 0.6) is 0 Å². The van der Waals surface area contributed by atoms with Crippen molar-refractivity contribution in [1.29, 1.82) is 0 Å². The smallest absolute Gasteiger partial charge is 0.0700 e. The first-order chi connectivity index (χ1) is 5.83. The molecule has 1 fully saturated rings. The van der Waals surface area contributed by atoms with Gasteiger partial charge in [-0.2, -0.15) is 0 Å². The van der Waals surface area contributed by atoms with E-state index in [1.54, 1.807) is 0 Å². The van der Waals surface area contributed by atoms with E-state index in [0.717, 1.165) is 26.0 Å². The van der Waals surface area contributed by atoms with E-state index in [1.165, 1.54) is 6.42 Å². The average Bonchev–Trinajstić information content (AvgIpc) is 2.57. The minimum Gasteiger partial charge on any atom is -0.392 e. The van der Waals surface area contributed by atoms with Gasteiger partial charge in [0.05, 0.1) is 12.2 Å². The summed E-state index contributed by atoms with van der Waals surface area (Å²) in [5, 5.41) is 12.4. The highest BCUT2D eigenvalue weighted by atomic mass is 16.5. The van der Waals surface area contributed by atoms with Crippen LogP contribution in [0.15, 0.2) is 0 Å². The Morgan fingerprint density at radius 1 is 1.67 bits per heavy atom. The summed E-state index contributed by atoms with van der Waals surface area (Å²) in [6, 6.07) is 0. The first-order valence-electron chi connectivity index (χ1n) is 4.83. The quantitative estimate of drug-likeness (QED) is 0.637. The second-order valence-corrected chi connectivity index (χ2v) is 3.36. The lowest BCUT2D eigenvalue weighted by Gasteiger charge is -2.12. The maximum Gasteiger partial charge on any atom is 0.0700 e. The Kier molecular flexibility index (Phi) is 4.58. The molecule has 12 heavy (non-hydrogen) atoms. The molecule has 1 aliphatic rings. The van der Waals surface area contributed by atoms with Crippen LogP contribution in [0.2, 0.25) is 0 Å². The Hall–Kier alpha value is -0.120. The SMILES string of the molecule is CCC(O)CNCC1CCCO1. The van der Waals surface area contributed by atoms with Crippen LogP contribution in [0.1, 0.15) is 26.2 Å². The molecule has 2 N–H and O–H groups in total. The predicted molar refractivity (Wildman–Crippen MR) is 48.1 cm³/mol. The molecule has 0 radical (unpaired) electrons. The topological polar surface area (TPSA) is 41.5 Å². The summed E-state index contributed by atoms with van der Waals surface area (Å²) in [6.07, 6.45) is 3.34. The average molecular weight is 173 g/mol. The van der Waals surface area contributed by atoms with Crippen LogP contribution in [0.3, 0.4) is 0 Å². The summed E-state index contributed by atoms with van der Waals surface area (Å²) in [5.41, 5.74) is 0. The van der Waals surface area contributed by atoms with E-state index in [9.17, 15) is 5.11 Å². The van der Waals surface area contributed by atoms with E-state index in [1.807, 2.05) is 6.92 Å². The molecule has 3 nitrogen and oxygen atoms in total. The number of rotatable bonds is 5. The molecule has 0 amide bonds. The summed E-state index contributed by atoms with van der Waals surface area (Å²) in [5.74, 6) is 0. The molecular formula is C9H19NO2. The van der Waals surface area contributed by atoms with E-state index in [0.29, 0.717) is 12.6 Å².